The molecule has 1 fully saturated rings. The fourth-order valence-electron chi connectivity index (χ4n) is 2.24. The van der Waals surface area contributed by atoms with E-state index in [4.69, 9.17) is 4.74 Å². The Bertz CT molecular complexity index is 377. The highest BCUT2D eigenvalue weighted by Crippen LogP contribution is 2.22. The molecule has 5 heteroatoms. The van der Waals surface area contributed by atoms with E-state index in [-0.39, 0.29) is 0 Å². The van der Waals surface area contributed by atoms with E-state index in [1.54, 1.807) is 0 Å². The molecule has 0 atom stereocenters. The third-order valence-corrected chi connectivity index (χ3v) is 3.17. The topological polar surface area (TPSA) is 59.1 Å². The average molecular weight is 250 g/mol. The first-order valence-electron chi connectivity index (χ1n) is 6.71. The monoisotopic (exact) mass is 250 g/mol. The maximum atomic E-state index is 5.36. The lowest BCUT2D eigenvalue weighted by Gasteiger charge is -2.14. The highest BCUT2D eigenvalue weighted by atomic mass is 16.5. The molecule has 1 aliphatic rings. The molecule has 0 unspecified atom stereocenters. The molecule has 0 saturated heterocycles. The van der Waals surface area contributed by atoms with Gasteiger partial charge in [0, 0.05) is 25.8 Å². The largest absolute Gasteiger partial charge is 0.374 e. The third-order valence-electron chi connectivity index (χ3n) is 3.17. The van der Waals surface area contributed by atoms with Gasteiger partial charge in [-0.3, -0.25) is 0 Å². The third kappa shape index (κ3) is 3.57. The molecule has 2 rings (SSSR count). The van der Waals surface area contributed by atoms with Crippen molar-refractivity contribution in [2.45, 2.75) is 45.3 Å². The first-order chi connectivity index (χ1) is 8.81. The molecular weight excluding hydrogens is 228 g/mol. The van der Waals surface area contributed by atoms with Crippen LogP contribution in [0.1, 0.15) is 38.4 Å². The number of hydrogen-bond donors (Lipinski definition) is 2. The molecular formula is C13H22N4O. The molecule has 1 aromatic rings. The zero-order valence-electron chi connectivity index (χ0n) is 11.2. The van der Waals surface area contributed by atoms with Crippen molar-refractivity contribution in [3.8, 4) is 0 Å². The van der Waals surface area contributed by atoms with Crippen LogP contribution in [0.5, 0.6) is 0 Å². The Balaban J connectivity index is 2.06. The average Bonchev–Trinajstić information content (AvgIpc) is 2.89. The van der Waals surface area contributed by atoms with Gasteiger partial charge in [-0.15, -0.1) is 0 Å². The molecule has 1 saturated carbocycles. The fraction of sp³-hybridized carbons (Fsp3) is 0.692. The first kappa shape index (κ1) is 13.1. The van der Waals surface area contributed by atoms with Crippen molar-refractivity contribution < 1.29 is 4.74 Å². The van der Waals surface area contributed by atoms with Crippen LogP contribution >= 0.6 is 0 Å². The number of nitrogens with one attached hydrogen (secondary N) is 2. The first-order valence-corrected chi connectivity index (χ1v) is 6.71. The molecule has 5 nitrogen and oxygen atoms in total. The Labute approximate surface area is 108 Å². The second-order valence-electron chi connectivity index (χ2n) is 4.57. The lowest BCUT2D eigenvalue weighted by Crippen LogP contribution is -2.17. The Morgan fingerprint density at radius 2 is 2.00 bits per heavy atom. The molecule has 1 aromatic heterocycles. The minimum atomic E-state index is 0.464. The molecule has 1 heterocycles. The number of ether oxygens (including phenoxy) is 1. The number of hydrogen-bond acceptors (Lipinski definition) is 5. The summed E-state index contributed by atoms with van der Waals surface area (Å²) in [4.78, 5) is 8.87. The van der Waals surface area contributed by atoms with Gasteiger partial charge in [-0.1, -0.05) is 12.8 Å². The standard InChI is InChI=1S/C13H22N4O/c1-3-18-9-13-16-11(14-2)8-12(17-13)15-10-6-4-5-7-10/h8,10H,3-7,9H2,1-2H3,(H2,14,15,16,17). The molecule has 0 bridgehead atoms. The molecule has 0 spiro atoms. The summed E-state index contributed by atoms with van der Waals surface area (Å²) in [7, 11) is 1.87. The molecule has 0 aliphatic heterocycles. The van der Waals surface area contributed by atoms with Crippen LogP contribution in [0.2, 0.25) is 0 Å². The molecule has 0 aromatic carbocycles. The van der Waals surface area contributed by atoms with Crippen molar-refractivity contribution >= 4 is 11.6 Å². The molecule has 100 valence electrons. The maximum absolute atomic E-state index is 5.36. The summed E-state index contributed by atoms with van der Waals surface area (Å²) in [5, 5.41) is 6.55. The molecule has 2 N–H and O–H groups in total. The van der Waals surface area contributed by atoms with Gasteiger partial charge in [0.25, 0.3) is 0 Å². The van der Waals surface area contributed by atoms with Gasteiger partial charge in [0.1, 0.15) is 18.2 Å². The maximum Gasteiger partial charge on any atom is 0.158 e. The molecule has 0 radical (unpaired) electrons. The summed E-state index contributed by atoms with van der Waals surface area (Å²) in [5.41, 5.74) is 0. The number of nitrogens with zero attached hydrogens (tertiary/aromatic N) is 2. The minimum Gasteiger partial charge on any atom is -0.374 e. The van der Waals surface area contributed by atoms with Crippen molar-refractivity contribution in [2.75, 3.05) is 24.3 Å². The van der Waals surface area contributed by atoms with Crippen molar-refractivity contribution in [1.82, 2.24) is 9.97 Å². The predicted molar refractivity (Wildman–Crippen MR) is 72.8 cm³/mol. The van der Waals surface area contributed by atoms with Gasteiger partial charge in [0.2, 0.25) is 0 Å². The van der Waals surface area contributed by atoms with Gasteiger partial charge >= 0.3 is 0 Å². The van der Waals surface area contributed by atoms with Crippen LogP contribution in [-0.2, 0) is 11.3 Å². The Kier molecular flexibility index (Phi) is 4.75. The van der Waals surface area contributed by atoms with Crippen molar-refractivity contribution in [2.24, 2.45) is 0 Å². The summed E-state index contributed by atoms with van der Waals surface area (Å²) in [6.07, 6.45) is 5.10. The van der Waals surface area contributed by atoms with Crippen LogP contribution in [-0.4, -0.2) is 29.7 Å². The predicted octanol–water partition coefficient (Wildman–Crippen LogP) is 2.41. The van der Waals surface area contributed by atoms with Crippen LogP contribution in [0.4, 0.5) is 11.6 Å². The van der Waals surface area contributed by atoms with Gasteiger partial charge in [-0.05, 0) is 19.8 Å². The van der Waals surface area contributed by atoms with E-state index in [0.717, 1.165) is 17.5 Å². The normalized spacial score (nSPS) is 15.9. The second-order valence-corrected chi connectivity index (χ2v) is 4.57. The van der Waals surface area contributed by atoms with Gasteiger partial charge in [-0.2, -0.15) is 0 Å². The number of anilines is 2. The Morgan fingerprint density at radius 3 is 2.67 bits per heavy atom. The van der Waals surface area contributed by atoms with E-state index >= 15 is 0 Å². The van der Waals surface area contributed by atoms with Gasteiger partial charge in [0.15, 0.2) is 5.82 Å². The van der Waals surface area contributed by atoms with Crippen LogP contribution in [0, 0.1) is 0 Å². The second kappa shape index (κ2) is 6.54. The summed E-state index contributed by atoms with van der Waals surface area (Å²) < 4.78 is 5.36. The lowest BCUT2D eigenvalue weighted by molar-refractivity contribution is 0.128. The van der Waals surface area contributed by atoms with Crippen molar-refractivity contribution in [3.05, 3.63) is 11.9 Å². The van der Waals surface area contributed by atoms with E-state index < -0.39 is 0 Å². The quantitative estimate of drug-likeness (QED) is 0.812. The lowest BCUT2D eigenvalue weighted by atomic mass is 10.2. The molecule has 18 heavy (non-hydrogen) atoms. The zero-order valence-corrected chi connectivity index (χ0v) is 11.2. The fourth-order valence-corrected chi connectivity index (χ4v) is 2.24. The van der Waals surface area contributed by atoms with Crippen molar-refractivity contribution in [1.29, 1.82) is 0 Å². The molecule has 1 aliphatic carbocycles. The van der Waals surface area contributed by atoms with E-state index in [1.807, 2.05) is 20.0 Å². The highest BCUT2D eigenvalue weighted by molar-refractivity contribution is 5.47. The smallest absolute Gasteiger partial charge is 0.158 e. The van der Waals surface area contributed by atoms with Crippen LogP contribution < -0.4 is 10.6 Å². The van der Waals surface area contributed by atoms with E-state index in [1.165, 1.54) is 25.7 Å². The summed E-state index contributed by atoms with van der Waals surface area (Å²) in [6.45, 7) is 3.11. The summed E-state index contributed by atoms with van der Waals surface area (Å²) in [6, 6.07) is 2.51. The van der Waals surface area contributed by atoms with Crippen LogP contribution in [0.3, 0.4) is 0 Å². The Morgan fingerprint density at radius 1 is 1.28 bits per heavy atom. The van der Waals surface area contributed by atoms with E-state index in [0.29, 0.717) is 19.3 Å². The minimum absolute atomic E-state index is 0.464. The summed E-state index contributed by atoms with van der Waals surface area (Å²) >= 11 is 0. The zero-order chi connectivity index (χ0) is 12.8. The highest BCUT2D eigenvalue weighted by Gasteiger charge is 2.15. The van der Waals surface area contributed by atoms with Gasteiger partial charge in [-0.25, -0.2) is 9.97 Å². The van der Waals surface area contributed by atoms with Crippen LogP contribution in [0.15, 0.2) is 6.07 Å². The Hall–Kier alpha value is -1.36. The number of rotatable bonds is 6. The number of aromatic nitrogens is 2. The van der Waals surface area contributed by atoms with E-state index in [2.05, 4.69) is 20.6 Å². The SMILES string of the molecule is CCOCc1nc(NC)cc(NC2CCCC2)n1. The van der Waals surface area contributed by atoms with Crippen molar-refractivity contribution in [3.63, 3.8) is 0 Å². The van der Waals surface area contributed by atoms with Crippen LogP contribution in [0.25, 0.3) is 0 Å². The molecule has 0 amide bonds. The van der Waals surface area contributed by atoms with Gasteiger partial charge in [0.05, 0.1) is 0 Å². The summed E-state index contributed by atoms with van der Waals surface area (Å²) in [5.74, 6) is 2.46. The van der Waals surface area contributed by atoms with E-state index in [9.17, 15) is 0 Å². The van der Waals surface area contributed by atoms with Gasteiger partial charge < -0.3 is 15.4 Å².